The number of hydrogen-bond donors (Lipinski definition) is 2. The van der Waals surface area contributed by atoms with Gasteiger partial charge < -0.3 is 11.1 Å². The van der Waals surface area contributed by atoms with Crippen LogP contribution in [-0.2, 0) is 6.54 Å². The lowest BCUT2D eigenvalue weighted by Crippen LogP contribution is -2.41. The number of nitrogens with two attached hydrogens (primary N) is 1. The molecule has 0 radical (unpaired) electrons. The van der Waals surface area contributed by atoms with Gasteiger partial charge in [-0.1, -0.05) is 0 Å². The van der Waals surface area contributed by atoms with E-state index < -0.39 is 0 Å². The molecule has 106 valence electrons. The minimum atomic E-state index is -0.194. The molecule has 1 amide bonds. The summed E-state index contributed by atoms with van der Waals surface area (Å²) in [5, 5.41) is 7.07. The first-order chi connectivity index (χ1) is 9.02. The Morgan fingerprint density at radius 2 is 2.37 bits per heavy atom. The van der Waals surface area contributed by atoms with Gasteiger partial charge in [0, 0.05) is 31.4 Å². The number of amides is 1. The van der Waals surface area contributed by atoms with Crippen molar-refractivity contribution < 1.29 is 4.79 Å². The molecule has 1 aliphatic carbocycles. The fourth-order valence-electron chi connectivity index (χ4n) is 2.09. The first-order valence-corrected chi connectivity index (χ1v) is 6.86. The maximum absolute atomic E-state index is 12.0. The molecular weight excluding hydrogens is 242 g/mol. The molecule has 1 atom stereocenters. The van der Waals surface area contributed by atoms with Gasteiger partial charge >= 0.3 is 0 Å². The fraction of sp³-hybridized carbons (Fsp3) is 0.692. The van der Waals surface area contributed by atoms with E-state index in [1.165, 1.54) is 12.8 Å². The number of nitrogen functional groups attached to an aromatic ring is 1. The van der Waals surface area contributed by atoms with E-state index in [9.17, 15) is 4.79 Å². The number of rotatable bonds is 6. The number of carbonyl (C=O) groups excluding carboxylic acids is 1. The Labute approximate surface area is 113 Å². The van der Waals surface area contributed by atoms with Crippen LogP contribution in [0, 0.1) is 0 Å². The van der Waals surface area contributed by atoms with Gasteiger partial charge in [0.05, 0.1) is 5.69 Å². The van der Waals surface area contributed by atoms with Gasteiger partial charge in [0.2, 0.25) is 0 Å². The van der Waals surface area contributed by atoms with Crippen LogP contribution in [0.1, 0.15) is 37.2 Å². The van der Waals surface area contributed by atoms with Crippen molar-refractivity contribution in [2.24, 2.45) is 0 Å². The second-order valence-electron chi connectivity index (χ2n) is 5.24. The van der Waals surface area contributed by atoms with E-state index in [4.69, 9.17) is 5.73 Å². The lowest BCUT2D eigenvalue weighted by Gasteiger charge is -2.24. The van der Waals surface area contributed by atoms with Crippen molar-refractivity contribution in [2.75, 3.05) is 19.3 Å². The number of nitrogens with zero attached hydrogens (tertiary/aromatic N) is 3. The highest BCUT2D eigenvalue weighted by Crippen LogP contribution is 2.26. The molecule has 0 bridgehead atoms. The average molecular weight is 265 g/mol. The molecule has 1 aromatic rings. The van der Waals surface area contributed by atoms with Crippen molar-refractivity contribution in [3.63, 3.8) is 0 Å². The van der Waals surface area contributed by atoms with E-state index in [1.807, 2.05) is 6.92 Å². The van der Waals surface area contributed by atoms with Crippen molar-refractivity contribution in [1.29, 1.82) is 0 Å². The molecule has 1 unspecified atom stereocenters. The number of carbonyl (C=O) groups is 1. The monoisotopic (exact) mass is 265 g/mol. The Hall–Kier alpha value is -1.56. The quantitative estimate of drug-likeness (QED) is 0.794. The van der Waals surface area contributed by atoms with Crippen LogP contribution in [0.5, 0.6) is 0 Å². The smallest absolute Gasteiger partial charge is 0.273 e. The fourth-order valence-corrected chi connectivity index (χ4v) is 2.09. The Balaban J connectivity index is 1.87. The Morgan fingerprint density at radius 1 is 1.68 bits per heavy atom. The third-order valence-corrected chi connectivity index (χ3v) is 3.71. The third-order valence-electron chi connectivity index (χ3n) is 3.71. The summed E-state index contributed by atoms with van der Waals surface area (Å²) in [5.41, 5.74) is 6.54. The van der Waals surface area contributed by atoms with Crippen molar-refractivity contribution >= 4 is 11.6 Å². The highest BCUT2D eigenvalue weighted by atomic mass is 16.2. The second-order valence-corrected chi connectivity index (χ2v) is 5.24. The minimum Gasteiger partial charge on any atom is -0.396 e. The van der Waals surface area contributed by atoms with Crippen LogP contribution in [0.2, 0.25) is 0 Å². The molecule has 6 nitrogen and oxygen atoms in total. The van der Waals surface area contributed by atoms with Crippen LogP contribution < -0.4 is 11.1 Å². The molecule has 6 heteroatoms. The van der Waals surface area contributed by atoms with Gasteiger partial charge in [0.1, 0.15) is 0 Å². The van der Waals surface area contributed by atoms with E-state index in [0.29, 0.717) is 36.6 Å². The molecular formula is C13H23N5O. The topological polar surface area (TPSA) is 76.2 Å². The molecule has 1 saturated carbocycles. The molecule has 2 rings (SSSR count). The number of nitrogens with one attached hydrogen (secondary N) is 1. The molecule has 1 aromatic heterocycles. The van der Waals surface area contributed by atoms with E-state index in [-0.39, 0.29) is 5.91 Å². The third kappa shape index (κ3) is 3.26. The van der Waals surface area contributed by atoms with Gasteiger partial charge in [0.25, 0.3) is 5.91 Å². The van der Waals surface area contributed by atoms with Gasteiger partial charge in [-0.05, 0) is 33.7 Å². The summed E-state index contributed by atoms with van der Waals surface area (Å²) >= 11 is 0. The average Bonchev–Trinajstić information content (AvgIpc) is 3.17. The second kappa shape index (κ2) is 5.61. The largest absolute Gasteiger partial charge is 0.396 e. The summed E-state index contributed by atoms with van der Waals surface area (Å²) in [7, 11) is 2.11. The summed E-state index contributed by atoms with van der Waals surface area (Å²) in [5.74, 6) is -0.194. The van der Waals surface area contributed by atoms with Crippen LogP contribution in [0.4, 0.5) is 5.69 Å². The van der Waals surface area contributed by atoms with Crippen molar-refractivity contribution in [3.05, 3.63) is 11.9 Å². The first kappa shape index (κ1) is 13.9. The van der Waals surface area contributed by atoms with E-state index >= 15 is 0 Å². The molecule has 1 fully saturated rings. The van der Waals surface area contributed by atoms with Crippen LogP contribution in [0.25, 0.3) is 0 Å². The summed E-state index contributed by atoms with van der Waals surface area (Å²) in [4.78, 5) is 14.3. The van der Waals surface area contributed by atoms with Crippen molar-refractivity contribution in [1.82, 2.24) is 20.0 Å². The van der Waals surface area contributed by atoms with Crippen molar-refractivity contribution in [2.45, 2.75) is 45.3 Å². The maximum atomic E-state index is 12.0. The minimum absolute atomic E-state index is 0.194. The summed E-state index contributed by atoms with van der Waals surface area (Å²) < 4.78 is 1.67. The molecule has 0 saturated heterocycles. The normalized spacial score (nSPS) is 16.6. The molecule has 0 spiro atoms. The van der Waals surface area contributed by atoms with E-state index in [0.717, 1.165) is 0 Å². The molecule has 0 aliphatic heterocycles. The summed E-state index contributed by atoms with van der Waals surface area (Å²) in [6.07, 6.45) is 4.22. The lowest BCUT2D eigenvalue weighted by molar-refractivity contribution is 0.0934. The zero-order valence-corrected chi connectivity index (χ0v) is 11.9. The Bertz CT molecular complexity index is 452. The number of likely N-dealkylation sites (N-methyl/N-ethyl adjacent to an activating group) is 1. The summed E-state index contributed by atoms with van der Waals surface area (Å²) in [6, 6.07) is 1.02. The zero-order valence-electron chi connectivity index (χ0n) is 11.9. The van der Waals surface area contributed by atoms with Crippen LogP contribution >= 0.6 is 0 Å². The summed E-state index contributed by atoms with van der Waals surface area (Å²) in [6.45, 7) is 5.40. The SMILES string of the molecule is CCn1cc(N)c(C(=O)NCC(C)N(C)C2CC2)n1. The number of hydrogen-bond acceptors (Lipinski definition) is 4. The predicted molar refractivity (Wildman–Crippen MR) is 74.9 cm³/mol. The number of aromatic nitrogens is 2. The van der Waals surface area contributed by atoms with Gasteiger partial charge in [-0.3, -0.25) is 14.4 Å². The van der Waals surface area contributed by atoms with Gasteiger partial charge in [-0.25, -0.2) is 0 Å². The first-order valence-electron chi connectivity index (χ1n) is 6.86. The molecule has 1 heterocycles. The Morgan fingerprint density at radius 3 is 2.89 bits per heavy atom. The van der Waals surface area contributed by atoms with Gasteiger partial charge in [-0.2, -0.15) is 5.10 Å². The van der Waals surface area contributed by atoms with Crippen molar-refractivity contribution in [3.8, 4) is 0 Å². The van der Waals surface area contributed by atoms with E-state index in [2.05, 4.69) is 29.3 Å². The Kier molecular flexibility index (Phi) is 4.09. The van der Waals surface area contributed by atoms with Crippen LogP contribution in [0.15, 0.2) is 6.20 Å². The molecule has 19 heavy (non-hydrogen) atoms. The van der Waals surface area contributed by atoms with Gasteiger partial charge in [-0.15, -0.1) is 0 Å². The van der Waals surface area contributed by atoms with E-state index in [1.54, 1.807) is 10.9 Å². The van der Waals surface area contributed by atoms with Crippen LogP contribution in [0.3, 0.4) is 0 Å². The molecule has 1 aliphatic rings. The number of aryl methyl sites for hydroxylation is 1. The number of anilines is 1. The zero-order chi connectivity index (χ0) is 14.0. The highest BCUT2D eigenvalue weighted by molar-refractivity contribution is 5.96. The highest BCUT2D eigenvalue weighted by Gasteiger charge is 2.29. The standard InChI is InChI=1S/C13H23N5O/c1-4-18-8-11(14)12(16-18)13(19)15-7-9(2)17(3)10-5-6-10/h8-10H,4-7,14H2,1-3H3,(H,15,19). The molecule has 3 N–H and O–H groups in total. The molecule has 0 aromatic carbocycles. The predicted octanol–water partition coefficient (Wildman–Crippen LogP) is 0.698. The van der Waals surface area contributed by atoms with Crippen LogP contribution in [-0.4, -0.2) is 46.3 Å². The lowest BCUT2D eigenvalue weighted by atomic mass is 10.2. The maximum Gasteiger partial charge on any atom is 0.273 e. The van der Waals surface area contributed by atoms with Gasteiger partial charge in [0.15, 0.2) is 5.69 Å².